The van der Waals surface area contributed by atoms with Crippen LogP contribution in [0.1, 0.15) is 20.7 Å². The van der Waals surface area contributed by atoms with Crippen LogP contribution in [0.3, 0.4) is 0 Å². The summed E-state index contributed by atoms with van der Waals surface area (Å²) in [5.41, 5.74) is 3.73. The molecule has 3 aromatic carbocycles. The van der Waals surface area contributed by atoms with E-state index in [-0.39, 0.29) is 17.6 Å². The highest BCUT2D eigenvalue weighted by molar-refractivity contribution is 6.11. The van der Waals surface area contributed by atoms with Crippen molar-refractivity contribution in [3.05, 3.63) is 83.7 Å². The number of furan rings is 1. The molecule has 1 N–H and O–H groups in total. The van der Waals surface area contributed by atoms with Crippen molar-refractivity contribution < 1.29 is 23.1 Å². The second-order valence-electron chi connectivity index (χ2n) is 7.90. The van der Waals surface area contributed by atoms with Crippen LogP contribution < -0.4 is 5.32 Å². The van der Waals surface area contributed by atoms with Crippen molar-refractivity contribution in [1.82, 2.24) is 10.2 Å². The van der Waals surface area contributed by atoms with Gasteiger partial charge in [-0.05, 0) is 59.7 Å². The molecule has 6 nitrogen and oxygen atoms in total. The topological polar surface area (TPSA) is 71.8 Å². The molecule has 4 aromatic rings. The Hall–Kier alpha value is -3.97. The lowest BCUT2D eigenvalue weighted by Crippen LogP contribution is -2.29. The van der Waals surface area contributed by atoms with Crippen LogP contribution in [0, 0.1) is 5.82 Å². The number of hydrogen-bond acceptors (Lipinski definition) is 4. The van der Waals surface area contributed by atoms with Gasteiger partial charge in [-0.1, -0.05) is 18.2 Å². The molecule has 7 heteroatoms. The number of hydrogen-bond donors (Lipinski definition) is 1. The third-order valence-electron chi connectivity index (χ3n) is 5.67. The number of benzene rings is 3. The van der Waals surface area contributed by atoms with Crippen LogP contribution in [-0.2, 0) is 4.74 Å². The smallest absolute Gasteiger partial charge is 0.255 e. The van der Waals surface area contributed by atoms with Gasteiger partial charge in [-0.25, -0.2) is 4.39 Å². The third-order valence-corrected chi connectivity index (χ3v) is 5.67. The second kappa shape index (κ2) is 9.89. The summed E-state index contributed by atoms with van der Waals surface area (Å²) in [6.07, 6.45) is 0. The van der Waals surface area contributed by atoms with Gasteiger partial charge < -0.3 is 19.4 Å². The Labute approximate surface area is 196 Å². The van der Waals surface area contributed by atoms with Crippen LogP contribution in [0.5, 0.6) is 0 Å². The molecule has 0 aliphatic carbocycles. The summed E-state index contributed by atoms with van der Waals surface area (Å²) in [6, 6.07) is 18.7. The highest BCUT2D eigenvalue weighted by Crippen LogP contribution is 2.36. The molecule has 1 heterocycles. The number of nitrogens with one attached hydrogen (secondary N) is 1. The highest BCUT2D eigenvalue weighted by atomic mass is 19.1. The molecule has 0 saturated heterocycles. The van der Waals surface area contributed by atoms with Crippen molar-refractivity contribution in [3.8, 4) is 22.5 Å². The predicted molar refractivity (Wildman–Crippen MR) is 129 cm³/mol. The molecule has 4 rings (SSSR count). The number of halogens is 1. The fourth-order valence-electron chi connectivity index (χ4n) is 3.81. The van der Waals surface area contributed by atoms with Crippen molar-refractivity contribution in [1.29, 1.82) is 0 Å². The van der Waals surface area contributed by atoms with E-state index in [2.05, 4.69) is 5.32 Å². The Balaban J connectivity index is 1.77. The van der Waals surface area contributed by atoms with Crippen LogP contribution >= 0.6 is 0 Å². The van der Waals surface area contributed by atoms with Crippen LogP contribution in [0.25, 0.3) is 33.4 Å². The zero-order chi connectivity index (χ0) is 24.2. The quantitative estimate of drug-likeness (QED) is 0.422. The Morgan fingerprint density at radius 2 is 1.71 bits per heavy atom. The molecule has 0 unspecified atom stereocenters. The Kier molecular flexibility index (Phi) is 6.75. The van der Waals surface area contributed by atoms with Gasteiger partial charge in [-0.15, -0.1) is 0 Å². The van der Waals surface area contributed by atoms with Gasteiger partial charge in [0.1, 0.15) is 17.2 Å². The first-order valence-electron chi connectivity index (χ1n) is 10.8. The molecule has 0 aliphatic rings. The first-order chi connectivity index (χ1) is 16.4. The van der Waals surface area contributed by atoms with E-state index in [0.29, 0.717) is 46.6 Å². The van der Waals surface area contributed by atoms with E-state index in [0.717, 1.165) is 11.1 Å². The van der Waals surface area contributed by atoms with E-state index >= 15 is 0 Å². The summed E-state index contributed by atoms with van der Waals surface area (Å²) >= 11 is 0. The SMILES string of the molecule is CNC(=O)c1c(-c2ccc(F)cc2)oc2ccc(-c3cccc(C(=O)N(C)CCOC)c3)cc12. The van der Waals surface area contributed by atoms with Crippen molar-refractivity contribution in [3.63, 3.8) is 0 Å². The summed E-state index contributed by atoms with van der Waals surface area (Å²) in [5.74, 6) is -0.409. The number of fused-ring (bicyclic) bond motifs is 1. The van der Waals surface area contributed by atoms with Gasteiger partial charge in [0, 0.05) is 44.3 Å². The lowest BCUT2D eigenvalue weighted by molar-refractivity contribution is 0.0744. The van der Waals surface area contributed by atoms with Gasteiger partial charge in [0.15, 0.2) is 0 Å². The van der Waals surface area contributed by atoms with Crippen molar-refractivity contribution in [2.75, 3.05) is 34.4 Å². The van der Waals surface area contributed by atoms with Gasteiger partial charge >= 0.3 is 0 Å². The summed E-state index contributed by atoms with van der Waals surface area (Å²) in [7, 11) is 4.88. The van der Waals surface area contributed by atoms with Gasteiger partial charge in [-0.3, -0.25) is 9.59 Å². The number of carbonyl (C=O) groups excluding carboxylic acids is 2. The van der Waals surface area contributed by atoms with Gasteiger partial charge in [0.25, 0.3) is 11.8 Å². The van der Waals surface area contributed by atoms with E-state index < -0.39 is 0 Å². The first-order valence-corrected chi connectivity index (χ1v) is 10.8. The predicted octanol–water partition coefficient (Wildman–Crippen LogP) is 4.98. The molecular formula is C27H25FN2O4. The van der Waals surface area contributed by atoms with Gasteiger partial charge in [0.05, 0.1) is 12.2 Å². The second-order valence-corrected chi connectivity index (χ2v) is 7.90. The van der Waals surface area contributed by atoms with Crippen molar-refractivity contribution in [2.24, 2.45) is 0 Å². The monoisotopic (exact) mass is 460 g/mol. The number of carbonyl (C=O) groups is 2. The molecule has 0 radical (unpaired) electrons. The molecule has 0 saturated carbocycles. The minimum atomic E-state index is -0.370. The maximum Gasteiger partial charge on any atom is 0.255 e. The Morgan fingerprint density at radius 3 is 2.41 bits per heavy atom. The molecule has 2 amide bonds. The van der Waals surface area contributed by atoms with Crippen LogP contribution in [0.2, 0.25) is 0 Å². The molecule has 0 bridgehead atoms. The number of likely N-dealkylation sites (N-methyl/N-ethyl adjacent to an activating group) is 1. The Morgan fingerprint density at radius 1 is 1.00 bits per heavy atom. The van der Waals surface area contributed by atoms with E-state index in [9.17, 15) is 14.0 Å². The van der Waals surface area contributed by atoms with Crippen molar-refractivity contribution >= 4 is 22.8 Å². The van der Waals surface area contributed by atoms with Gasteiger partial charge in [-0.2, -0.15) is 0 Å². The number of nitrogens with zero attached hydrogens (tertiary/aromatic N) is 1. The van der Waals surface area contributed by atoms with Gasteiger partial charge in [0.2, 0.25) is 0 Å². The minimum absolute atomic E-state index is 0.104. The number of ether oxygens (including phenoxy) is 1. The maximum atomic E-state index is 13.4. The Bertz CT molecular complexity index is 1340. The zero-order valence-electron chi connectivity index (χ0n) is 19.2. The normalized spacial score (nSPS) is 10.9. The van der Waals surface area contributed by atoms with E-state index in [1.54, 1.807) is 50.4 Å². The van der Waals surface area contributed by atoms with Crippen molar-refractivity contribution in [2.45, 2.75) is 0 Å². The standard InChI is InChI=1S/C27H25FN2O4/c1-29-26(31)24-22-16-19(9-12-23(22)34-25(24)17-7-10-21(28)11-8-17)18-5-4-6-20(15-18)27(32)30(2)13-14-33-3/h4-12,15-16H,13-14H2,1-3H3,(H,29,31). The van der Waals surface area contributed by atoms with E-state index in [1.807, 2.05) is 30.3 Å². The largest absolute Gasteiger partial charge is 0.455 e. The molecule has 174 valence electrons. The summed E-state index contributed by atoms with van der Waals surface area (Å²) in [4.78, 5) is 27.2. The molecular weight excluding hydrogens is 435 g/mol. The summed E-state index contributed by atoms with van der Waals surface area (Å²) in [5, 5.41) is 3.29. The molecule has 0 fully saturated rings. The first kappa shape index (κ1) is 23.2. The van der Waals surface area contributed by atoms with E-state index in [4.69, 9.17) is 9.15 Å². The third kappa shape index (κ3) is 4.56. The number of methoxy groups -OCH3 is 1. The number of amides is 2. The maximum absolute atomic E-state index is 13.4. The molecule has 1 aromatic heterocycles. The fourth-order valence-corrected chi connectivity index (χ4v) is 3.81. The van der Waals surface area contributed by atoms with Crippen LogP contribution in [0.4, 0.5) is 4.39 Å². The lowest BCUT2D eigenvalue weighted by Gasteiger charge is -2.17. The number of rotatable bonds is 7. The van der Waals surface area contributed by atoms with Crippen LogP contribution in [-0.4, -0.2) is 51.1 Å². The zero-order valence-corrected chi connectivity index (χ0v) is 19.2. The minimum Gasteiger partial charge on any atom is -0.455 e. The summed E-state index contributed by atoms with van der Waals surface area (Å²) in [6.45, 7) is 0.944. The molecule has 0 spiro atoms. The summed E-state index contributed by atoms with van der Waals surface area (Å²) < 4.78 is 24.5. The average Bonchev–Trinajstić information content (AvgIpc) is 3.25. The molecule has 34 heavy (non-hydrogen) atoms. The average molecular weight is 461 g/mol. The van der Waals surface area contributed by atoms with Crippen LogP contribution in [0.15, 0.2) is 71.1 Å². The molecule has 0 atom stereocenters. The highest BCUT2D eigenvalue weighted by Gasteiger charge is 2.22. The molecule has 0 aliphatic heterocycles. The lowest BCUT2D eigenvalue weighted by atomic mass is 9.99. The fraction of sp³-hybridized carbons (Fsp3) is 0.185. The van der Waals surface area contributed by atoms with E-state index in [1.165, 1.54) is 12.1 Å².